The maximum Gasteiger partial charge on any atom is 0.300 e. The van der Waals surface area contributed by atoms with Gasteiger partial charge in [0.25, 0.3) is 11.8 Å². The molecule has 5 rings (SSSR count). The van der Waals surface area contributed by atoms with Gasteiger partial charge >= 0.3 is 0 Å². The summed E-state index contributed by atoms with van der Waals surface area (Å²) in [6.45, 7) is 22.0. The number of halogens is 4. The van der Waals surface area contributed by atoms with E-state index in [2.05, 4.69) is 0 Å². The van der Waals surface area contributed by atoms with Crippen LogP contribution in [0.3, 0.4) is 0 Å². The minimum Gasteiger partial charge on any atom is -0.196 e. The lowest BCUT2D eigenvalue weighted by Gasteiger charge is -2.40. The quantitative estimate of drug-likeness (QED) is 0.202. The van der Waals surface area contributed by atoms with Gasteiger partial charge in [-0.1, -0.05) is 0 Å². The van der Waals surface area contributed by atoms with Crippen LogP contribution in [-0.2, 0) is 11.8 Å². The van der Waals surface area contributed by atoms with Gasteiger partial charge in [-0.15, -0.1) is 0 Å². The summed E-state index contributed by atoms with van der Waals surface area (Å²) in [4.78, 5) is 0. The average molecular weight is 521 g/mol. The molecule has 0 aromatic heterocycles. The fraction of sp³-hybridized carbons (Fsp3) is 0.412. The van der Waals surface area contributed by atoms with Gasteiger partial charge in [0.05, 0.1) is 0 Å². The van der Waals surface area contributed by atoms with Crippen LogP contribution in [0.4, 0.5) is 17.6 Å². The van der Waals surface area contributed by atoms with E-state index in [4.69, 9.17) is 0 Å². The Bertz CT molecular complexity index is 1510. The Hall–Kier alpha value is -2.88. The molecule has 1 aliphatic carbocycles. The molecule has 0 fully saturated rings. The molecule has 200 valence electrons. The van der Waals surface area contributed by atoms with Crippen LogP contribution >= 0.6 is 0 Å². The number of hydrogen-bond acceptors (Lipinski definition) is 0. The van der Waals surface area contributed by atoms with Crippen molar-refractivity contribution in [3.8, 4) is 0 Å². The first-order valence-electron chi connectivity index (χ1n) is 13.3. The van der Waals surface area contributed by atoms with Crippen molar-refractivity contribution in [2.24, 2.45) is 0 Å². The molecular formula is C34H36F4. The van der Waals surface area contributed by atoms with Crippen LogP contribution in [0.25, 0.3) is 21.5 Å². The molecule has 0 N–H and O–H groups in total. The number of hydrogen-bond donors (Lipinski definition) is 0. The standard InChI is InChI=1S/C34H36F4/c1-13-14(2)18(6)26-22(10)30-29(21(9)25(26)17(13)5)33(35,36)31-23(11)27-19(7)15(3)16(4)20(8)28(27)24(12)32(31)34(30,37)38/h1-12H3. The Labute approximate surface area is 223 Å². The van der Waals surface area contributed by atoms with Crippen molar-refractivity contribution in [3.05, 3.63) is 89.0 Å². The van der Waals surface area contributed by atoms with Crippen LogP contribution in [0.2, 0.25) is 0 Å². The molecule has 0 heterocycles. The lowest BCUT2D eigenvalue weighted by Crippen LogP contribution is -2.37. The second-order valence-electron chi connectivity index (χ2n) is 11.6. The molecular weight excluding hydrogens is 484 g/mol. The van der Waals surface area contributed by atoms with Crippen molar-refractivity contribution >= 4 is 21.5 Å². The zero-order valence-electron chi connectivity index (χ0n) is 24.5. The predicted octanol–water partition coefficient (Wildman–Crippen LogP) is 10.3. The fourth-order valence-corrected chi connectivity index (χ4v) is 7.57. The summed E-state index contributed by atoms with van der Waals surface area (Å²) >= 11 is 0. The Balaban J connectivity index is 2.11. The molecule has 0 amide bonds. The van der Waals surface area contributed by atoms with E-state index in [9.17, 15) is 0 Å². The smallest absolute Gasteiger partial charge is 0.196 e. The molecule has 4 aromatic carbocycles. The molecule has 0 atom stereocenters. The molecule has 0 saturated carbocycles. The summed E-state index contributed by atoms with van der Waals surface area (Å²) in [5.41, 5.74) is 6.48. The van der Waals surface area contributed by atoms with Gasteiger partial charge in [-0.3, -0.25) is 0 Å². The Morgan fingerprint density at radius 2 is 0.421 bits per heavy atom. The van der Waals surface area contributed by atoms with E-state index in [0.29, 0.717) is 21.5 Å². The Kier molecular flexibility index (Phi) is 5.51. The van der Waals surface area contributed by atoms with Crippen LogP contribution in [0, 0.1) is 83.1 Å². The Morgan fingerprint density at radius 3 is 0.579 bits per heavy atom. The lowest BCUT2D eigenvalue weighted by atomic mass is 9.69. The largest absolute Gasteiger partial charge is 0.300 e. The van der Waals surface area contributed by atoms with E-state index < -0.39 is 34.1 Å². The van der Waals surface area contributed by atoms with Crippen molar-refractivity contribution in [2.45, 2.75) is 94.9 Å². The van der Waals surface area contributed by atoms with Crippen molar-refractivity contribution in [2.75, 3.05) is 0 Å². The molecule has 0 spiro atoms. The lowest BCUT2D eigenvalue weighted by molar-refractivity contribution is -0.0129. The number of alkyl halides is 4. The maximum absolute atomic E-state index is 17.0. The van der Waals surface area contributed by atoms with Gasteiger partial charge in [-0.25, -0.2) is 0 Å². The van der Waals surface area contributed by atoms with Gasteiger partial charge in [0.1, 0.15) is 0 Å². The second kappa shape index (κ2) is 7.83. The fourth-order valence-electron chi connectivity index (χ4n) is 7.57. The molecule has 38 heavy (non-hydrogen) atoms. The summed E-state index contributed by atoms with van der Waals surface area (Å²) in [6, 6.07) is 0. The summed E-state index contributed by atoms with van der Waals surface area (Å²) in [7, 11) is 0. The summed E-state index contributed by atoms with van der Waals surface area (Å²) < 4.78 is 67.8. The van der Waals surface area contributed by atoms with E-state index in [1.807, 2.05) is 55.4 Å². The van der Waals surface area contributed by atoms with Gasteiger partial charge in [0.15, 0.2) is 0 Å². The molecule has 0 unspecified atom stereocenters. The number of aryl methyl sites for hydroxylation is 8. The van der Waals surface area contributed by atoms with Crippen LogP contribution in [-0.4, -0.2) is 0 Å². The first-order valence-corrected chi connectivity index (χ1v) is 13.3. The van der Waals surface area contributed by atoms with Crippen LogP contribution in [0.1, 0.15) is 89.0 Å². The zero-order chi connectivity index (χ0) is 28.5. The van der Waals surface area contributed by atoms with Crippen molar-refractivity contribution < 1.29 is 17.6 Å². The summed E-state index contributed by atoms with van der Waals surface area (Å²) in [6.07, 6.45) is 0. The second-order valence-corrected chi connectivity index (χ2v) is 11.6. The molecule has 4 heteroatoms. The molecule has 0 saturated heterocycles. The highest BCUT2D eigenvalue weighted by Crippen LogP contribution is 2.60. The predicted molar refractivity (Wildman–Crippen MR) is 151 cm³/mol. The monoisotopic (exact) mass is 520 g/mol. The first kappa shape index (κ1) is 26.7. The van der Waals surface area contributed by atoms with E-state index >= 15 is 17.6 Å². The molecule has 0 bridgehead atoms. The van der Waals surface area contributed by atoms with Gasteiger partial charge < -0.3 is 0 Å². The topological polar surface area (TPSA) is 0 Å². The minimum atomic E-state index is -3.57. The SMILES string of the molecule is Cc1c(C)c(C)c2c(C)c3c(c(C)c2c1C)C(F)(F)c1c(c(C)c2c(C)c(C)c(C)c(C)c2c1C)C3(F)F. The minimum absolute atomic E-state index is 0.254. The van der Waals surface area contributed by atoms with Crippen molar-refractivity contribution in [1.82, 2.24) is 0 Å². The molecule has 0 nitrogen and oxygen atoms in total. The van der Waals surface area contributed by atoms with E-state index in [-0.39, 0.29) is 22.3 Å². The van der Waals surface area contributed by atoms with Crippen molar-refractivity contribution in [3.63, 3.8) is 0 Å². The Morgan fingerprint density at radius 1 is 0.263 bits per heavy atom. The van der Waals surface area contributed by atoms with Gasteiger partial charge in [0, 0.05) is 22.3 Å². The van der Waals surface area contributed by atoms with Crippen LogP contribution < -0.4 is 0 Å². The normalized spacial score (nSPS) is 15.8. The van der Waals surface area contributed by atoms with Gasteiger partial charge in [-0.2, -0.15) is 17.6 Å². The highest BCUT2D eigenvalue weighted by atomic mass is 19.3. The van der Waals surface area contributed by atoms with Crippen LogP contribution in [0.5, 0.6) is 0 Å². The van der Waals surface area contributed by atoms with Gasteiger partial charge in [-0.05, 0) is 171 Å². The zero-order valence-corrected chi connectivity index (χ0v) is 24.5. The van der Waals surface area contributed by atoms with Crippen LogP contribution in [0.15, 0.2) is 0 Å². The highest BCUT2D eigenvalue weighted by molar-refractivity contribution is 6.01. The molecule has 0 aliphatic heterocycles. The van der Waals surface area contributed by atoms with Crippen molar-refractivity contribution in [1.29, 1.82) is 0 Å². The highest BCUT2D eigenvalue weighted by Gasteiger charge is 2.57. The molecule has 1 aliphatic rings. The average Bonchev–Trinajstić information content (AvgIpc) is 2.83. The molecule has 0 radical (unpaired) electrons. The van der Waals surface area contributed by atoms with E-state index in [0.717, 1.165) is 44.5 Å². The third kappa shape index (κ3) is 2.87. The summed E-state index contributed by atoms with van der Waals surface area (Å²) in [5, 5.41) is 2.70. The first-order chi connectivity index (χ1) is 17.4. The van der Waals surface area contributed by atoms with E-state index in [1.54, 1.807) is 27.7 Å². The third-order valence-electron chi connectivity index (χ3n) is 10.1. The number of benzene rings is 4. The molecule has 4 aromatic rings. The maximum atomic E-state index is 17.0. The van der Waals surface area contributed by atoms with Gasteiger partial charge in [0.2, 0.25) is 0 Å². The number of fused-ring (bicyclic) bond motifs is 4. The number of rotatable bonds is 0. The summed E-state index contributed by atoms with van der Waals surface area (Å²) in [5.74, 6) is -7.15. The van der Waals surface area contributed by atoms with E-state index in [1.165, 1.54) is 0 Å². The third-order valence-corrected chi connectivity index (χ3v) is 10.1.